The number of carbonyl (C=O) groups is 1. The lowest BCUT2D eigenvalue weighted by Gasteiger charge is -2.35. The Kier molecular flexibility index (Phi) is 4.08. The van der Waals surface area contributed by atoms with Crippen molar-refractivity contribution in [3.63, 3.8) is 0 Å². The van der Waals surface area contributed by atoms with Crippen molar-refractivity contribution < 1.29 is 13.9 Å². The van der Waals surface area contributed by atoms with Crippen LogP contribution in [-0.4, -0.2) is 48.7 Å². The summed E-state index contributed by atoms with van der Waals surface area (Å²) in [6.07, 6.45) is 2.91. The third kappa shape index (κ3) is 2.82. The Balaban J connectivity index is 1.90. The van der Waals surface area contributed by atoms with Gasteiger partial charge in [0.05, 0.1) is 5.54 Å². The van der Waals surface area contributed by atoms with Gasteiger partial charge in [0.25, 0.3) is 0 Å². The Hall–Kier alpha value is -1.62. The molecule has 0 saturated carbocycles. The van der Waals surface area contributed by atoms with E-state index in [0.29, 0.717) is 0 Å². The molecule has 2 aliphatic heterocycles. The molecule has 2 heterocycles. The standard InChI is InChI=1S/C18H25FN2O2/c1-17(2)12-18(8-5-9-20(18)16(22)11-23-3)13-21(17)15-7-4-6-14(19)10-15/h4,6-7,10H,5,8-9,11-13H2,1-3H3. The predicted molar refractivity (Wildman–Crippen MR) is 88.0 cm³/mol. The summed E-state index contributed by atoms with van der Waals surface area (Å²) in [4.78, 5) is 16.7. The Bertz CT molecular complexity index is 604. The van der Waals surface area contributed by atoms with Crippen LogP contribution in [0.3, 0.4) is 0 Å². The maximum Gasteiger partial charge on any atom is 0.249 e. The molecular formula is C18H25FN2O2. The SMILES string of the molecule is COCC(=O)N1CCCC12CN(c1cccc(F)c1)C(C)(C)C2. The van der Waals surface area contributed by atoms with Gasteiger partial charge in [0.15, 0.2) is 0 Å². The zero-order chi connectivity index (χ0) is 16.7. The zero-order valence-corrected chi connectivity index (χ0v) is 14.1. The zero-order valence-electron chi connectivity index (χ0n) is 14.1. The number of benzene rings is 1. The number of hydrogen-bond donors (Lipinski definition) is 0. The van der Waals surface area contributed by atoms with Gasteiger partial charge in [-0.3, -0.25) is 4.79 Å². The fraction of sp³-hybridized carbons (Fsp3) is 0.611. The van der Waals surface area contributed by atoms with Crippen molar-refractivity contribution in [3.05, 3.63) is 30.1 Å². The quantitative estimate of drug-likeness (QED) is 0.858. The highest BCUT2D eigenvalue weighted by molar-refractivity contribution is 5.79. The van der Waals surface area contributed by atoms with Crippen LogP contribution < -0.4 is 4.90 Å². The average Bonchev–Trinajstić information content (AvgIpc) is 2.99. The molecule has 126 valence electrons. The van der Waals surface area contributed by atoms with E-state index in [1.807, 2.05) is 11.0 Å². The number of carbonyl (C=O) groups excluding carboxylic acids is 1. The fourth-order valence-corrected chi connectivity index (χ4v) is 4.43. The van der Waals surface area contributed by atoms with Crippen LogP contribution >= 0.6 is 0 Å². The van der Waals surface area contributed by atoms with Crippen LogP contribution in [0.2, 0.25) is 0 Å². The van der Waals surface area contributed by atoms with Crippen LogP contribution in [0.1, 0.15) is 33.1 Å². The van der Waals surface area contributed by atoms with E-state index in [1.54, 1.807) is 19.2 Å². The van der Waals surface area contributed by atoms with Gasteiger partial charge in [0.2, 0.25) is 5.91 Å². The van der Waals surface area contributed by atoms with E-state index in [0.717, 1.165) is 38.0 Å². The first kappa shape index (κ1) is 16.2. The fourth-order valence-electron chi connectivity index (χ4n) is 4.43. The largest absolute Gasteiger partial charge is 0.375 e. The number of nitrogens with zero attached hydrogens (tertiary/aromatic N) is 2. The molecule has 5 heteroatoms. The Morgan fingerprint density at radius 1 is 1.39 bits per heavy atom. The molecule has 0 N–H and O–H groups in total. The van der Waals surface area contributed by atoms with E-state index in [9.17, 15) is 9.18 Å². The maximum atomic E-state index is 13.6. The number of anilines is 1. The molecule has 1 spiro atoms. The summed E-state index contributed by atoms with van der Waals surface area (Å²) in [5.41, 5.74) is 0.604. The van der Waals surface area contributed by atoms with Gasteiger partial charge in [-0.1, -0.05) is 6.07 Å². The van der Waals surface area contributed by atoms with Gasteiger partial charge in [0.1, 0.15) is 12.4 Å². The molecule has 4 nitrogen and oxygen atoms in total. The lowest BCUT2D eigenvalue weighted by Crippen LogP contribution is -2.50. The number of rotatable bonds is 3. The van der Waals surface area contributed by atoms with E-state index < -0.39 is 0 Å². The maximum absolute atomic E-state index is 13.6. The van der Waals surface area contributed by atoms with Crippen molar-refractivity contribution >= 4 is 11.6 Å². The van der Waals surface area contributed by atoms with Gasteiger partial charge >= 0.3 is 0 Å². The Labute approximate surface area is 137 Å². The molecule has 23 heavy (non-hydrogen) atoms. The van der Waals surface area contributed by atoms with Crippen molar-refractivity contribution in [3.8, 4) is 0 Å². The number of methoxy groups -OCH3 is 1. The molecule has 1 amide bonds. The lowest BCUT2D eigenvalue weighted by atomic mass is 9.87. The summed E-state index contributed by atoms with van der Waals surface area (Å²) < 4.78 is 18.7. The highest BCUT2D eigenvalue weighted by Gasteiger charge is 2.54. The van der Waals surface area contributed by atoms with Gasteiger partial charge in [-0.25, -0.2) is 4.39 Å². The molecule has 2 aliphatic rings. The molecular weight excluding hydrogens is 295 g/mol. The summed E-state index contributed by atoms with van der Waals surface area (Å²) in [6, 6.07) is 6.73. The number of amides is 1. The number of hydrogen-bond acceptors (Lipinski definition) is 3. The minimum absolute atomic E-state index is 0.0573. The van der Waals surface area contributed by atoms with Crippen LogP contribution in [0.5, 0.6) is 0 Å². The predicted octanol–water partition coefficient (Wildman–Crippen LogP) is 2.82. The van der Waals surface area contributed by atoms with Crippen LogP contribution in [0, 0.1) is 5.82 Å². The minimum Gasteiger partial charge on any atom is -0.375 e. The number of ether oxygens (including phenoxy) is 1. The average molecular weight is 320 g/mol. The third-order valence-electron chi connectivity index (χ3n) is 5.23. The summed E-state index contributed by atoms with van der Waals surface area (Å²) in [7, 11) is 1.55. The van der Waals surface area contributed by atoms with Crippen LogP contribution in [-0.2, 0) is 9.53 Å². The lowest BCUT2D eigenvalue weighted by molar-refractivity contribution is -0.138. The Morgan fingerprint density at radius 2 is 2.17 bits per heavy atom. The molecule has 2 fully saturated rings. The topological polar surface area (TPSA) is 32.8 Å². The molecule has 1 atom stereocenters. The summed E-state index contributed by atoms with van der Waals surface area (Å²) in [5.74, 6) is -0.167. The summed E-state index contributed by atoms with van der Waals surface area (Å²) in [6.45, 7) is 6.00. The van der Waals surface area contributed by atoms with Crippen molar-refractivity contribution in [2.75, 3.05) is 31.7 Å². The first-order valence-corrected chi connectivity index (χ1v) is 8.21. The molecule has 1 unspecified atom stereocenters. The van der Waals surface area contributed by atoms with Gasteiger partial charge in [-0.15, -0.1) is 0 Å². The van der Waals surface area contributed by atoms with Crippen LogP contribution in [0.15, 0.2) is 24.3 Å². The van der Waals surface area contributed by atoms with Gasteiger partial charge in [-0.2, -0.15) is 0 Å². The van der Waals surface area contributed by atoms with Crippen LogP contribution in [0.25, 0.3) is 0 Å². The van der Waals surface area contributed by atoms with E-state index in [2.05, 4.69) is 18.7 Å². The molecule has 0 aliphatic carbocycles. The first-order chi connectivity index (χ1) is 10.9. The second-order valence-corrected chi connectivity index (χ2v) is 7.36. The minimum atomic E-state index is -0.224. The van der Waals surface area contributed by atoms with Crippen LogP contribution in [0.4, 0.5) is 10.1 Å². The second kappa shape index (κ2) is 5.78. The molecule has 3 rings (SSSR count). The van der Waals surface area contributed by atoms with Crippen molar-refractivity contribution in [1.29, 1.82) is 0 Å². The van der Waals surface area contributed by atoms with Crippen molar-refractivity contribution in [2.45, 2.75) is 44.2 Å². The monoisotopic (exact) mass is 320 g/mol. The molecule has 1 aromatic carbocycles. The van der Waals surface area contributed by atoms with E-state index >= 15 is 0 Å². The highest BCUT2D eigenvalue weighted by Crippen LogP contribution is 2.47. The molecule has 1 aromatic rings. The second-order valence-electron chi connectivity index (χ2n) is 7.36. The smallest absolute Gasteiger partial charge is 0.249 e. The third-order valence-corrected chi connectivity index (χ3v) is 5.23. The molecule has 0 aromatic heterocycles. The molecule has 2 saturated heterocycles. The van der Waals surface area contributed by atoms with Gasteiger partial charge < -0.3 is 14.5 Å². The first-order valence-electron chi connectivity index (χ1n) is 8.21. The van der Waals surface area contributed by atoms with E-state index in [4.69, 9.17) is 4.74 Å². The highest BCUT2D eigenvalue weighted by atomic mass is 19.1. The van der Waals surface area contributed by atoms with Gasteiger partial charge in [-0.05, 0) is 51.3 Å². The van der Waals surface area contributed by atoms with Crippen molar-refractivity contribution in [2.24, 2.45) is 0 Å². The summed E-state index contributed by atoms with van der Waals surface area (Å²) in [5, 5.41) is 0. The van der Waals surface area contributed by atoms with E-state index in [1.165, 1.54) is 6.07 Å². The van der Waals surface area contributed by atoms with Gasteiger partial charge in [0, 0.05) is 31.4 Å². The summed E-state index contributed by atoms with van der Waals surface area (Å²) >= 11 is 0. The Morgan fingerprint density at radius 3 is 2.87 bits per heavy atom. The van der Waals surface area contributed by atoms with E-state index in [-0.39, 0.29) is 29.4 Å². The number of halogens is 1. The normalized spacial score (nSPS) is 26.3. The molecule has 0 bridgehead atoms. The van der Waals surface area contributed by atoms with Crippen molar-refractivity contribution in [1.82, 2.24) is 4.90 Å². The number of likely N-dealkylation sites (tertiary alicyclic amines) is 1. The molecule has 0 radical (unpaired) electrons.